The minimum absolute atomic E-state index is 0.182. The van der Waals surface area contributed by atoms with Gasteiger partial charge in [0.2, 0.25) is 5.82 Å². The average molecular weight is 278 g/mol. The minimum atomic E-state index is -2.09. The quantitative estimate of drug-likeness (QED) is 0.807. The summed E-state index contributed by atoms with van der Waals surface area (Å²) in [6.45, 7) is 1.43. The van der Waals surface area contributed by atoms with Crippen molar-refractivity contribution in [1.29, 1.82) is 0 Å². The Kier molecular flexibility index (Phi) is 4.36. The van der Waals surface area contributed by atoms with E-state index in [0.717, 1.165) is 0 Å². The fraction of sp³-hybridized carbons (Fsp3) is 0.273. The molecule has 0 bridgehead atoms. The number of benzene rings is 1. The summed E-state index contributed by atoms with van der Waals surface area (Å²) in [5.74, 6) is -10.9. The van der Waals surface area contributed by atoms with Gasteiger partial charge in [-0.2, -0.15) is 4.39 Å². The van der Waals surface area contributed by atoms with Gasteiger partial charge in [0.15, 0.2) is 17.4 Å². The summed E-state index contributed by atoms with van der Waals surface area (Å²) >= 11 is 0. The van der Waals surface area contributed by atoms with Crippen LogP contribution < -0.4 is 4.74 Å². The molecule has 0 saturated carbocycles. The standard InChI is InChI=1S/C11H9F3O5/c1-2-3-19-9-7(13)5(11(17)18)4(10(15)16)6(12)8(9)14/h2-3H2,1H3,(H,15,16)(H,17,18). The Balaban J connectivity index is 3.63. The average Bonchev–Trinajstić information content (AvgIpc) is 2.32. The van der Waals surface area contributed by atoms with Gasteiger partial charge in [0.05, 0.1) is 6.61 Å². The summed E-state index contributed by atoms with van der Waals surface area (Å²) in [6.07, 6.45) is 0.337. The third-order valence-electron chi connectivity index (χ3n) is 2.16. The Labute approximate surface area is 105 Å². The number of carboxylic acids is 2. The highest BCUT2D eigenvalue weighted by atomic mass is 19.2. The number of halogens is 3. The highest BCUT2D eigenvalue weighted by molar-refractivity contribution is 6.02. The highest BCUT2D eigenvalue weighted by Crippen LogP contribution is 2.31. The molecule has 0 fully saturated rings. The molecule has 5 nitrogen and oxygen atoms in total. The normalized spacial score (nSPS) is 10.3. The summed E-state index contributed by atoms with van der Waals surface area (Å²) in [4.78, 5) is 21.5. The lowest BCUT2D eigenvalue weighted by Crippen LogP contribution is -2.17. The van der Waals surface area contributed by atoms with Crippen LogP contribution in [0.1, 0.15) is 34.1 Å². The van der Waals surface area contributed by atoms with Crippen molar-refractivity contribution in [1.82, 2.24) is 0 Å². The molecule has 0 aliphatic carbocycles. The molecule has 2 N–H and O–H groups in total. The van der Waals surface area contributed by atoms with Crippen molar-refractivity contribution in [3.05, 3.63) is 28.6 Å². The Morgan fingerprint density at radius 1 is 1.00 bits per heavy atom. The molecule has 0 radical (unpaired) electrons. The van der Waals surface area contributed by atoms with Crippen LogP contribution in [0.2, 0.25) is 0 Å². The lowest BCUT2D eigenvalue weighted by atomic mass is 10.0. The van der Waals surface area contributed by atoms with Crippen LogP contribution in [0.25, 0.3) is 0 Å². The summed E-state index contributed by atoms with van der Waals surface area (Å²) in [6, 6.07) is 0. The fourth-order valence-corrected chi connectivity index (χ4v) is 1.37. The first-order chi connectivity index (χ1) is 8.82. The predicted octanol–water partition coefficient (Wildman–Crippen LogP) is 2.29. The maximum atomic E-state index is 13.7. The van der Waals surface area contributed by atoms with Crippen molar-refractivity contribution in [3.8, 4) is 5.75 Å². The zero-order valence-electron chi connectivity index (χ0n) is 9.67. The molecule has 0 aliphatic rings. The second kappa shape index (κ2) is 5.59. The summed E-state index contributed by atoms with van der Waals surface area (Å²) in [5.41, 5.74) is -3.05. The first-order valence-electron chi connectivity index (χ1n) is 5.12. The van der Waals surface area contributed by atoms with Gasteiger partial charge in [-0.3, -0.25) is 0 Å². The van der Waals surface area contributed by atoms with E-state index < -0.39 is 46.3 Å². The third kappa shape index (κ3) is 2.61. The molecular formula is C11H9F3O5. The topological polar surface area (TPSA) is 83.8 Å². The van der Waals surface area contributed by atoms with Gasteiger partial charge in [-0.1, -0.05) is 6.92 Å². The van der Waals surface area contributed by atoms with E-state index >= 15 is 0 Å². The molecule has 0 spiro atoms. The first kappa shape index (κ1) is 14.8. The molecule has 8 heteroatoms. The van der Waals surface area contributed by atoms with Crippen LogP contribution in [-0.2, 0) is 0 Å². The third-order valence-corrected chi connectivity index (χ3v) is 2.16. The lowest BCUT2D eigenvalue weighted by molar-refractivity contribution is 0.0639. The molecule has 0 atom stereocenters. The van der Waals surface area contributed by atoms with Gasteiger partial charge in [0.25, 0.3) is 0 Å². The van der Waals surface area contributed by atoms with Gasteiger partial charge in [-0.05, 0) is 6.42 Å². The van der Waals surface area contributed by atoms with Gasteiger partial charge in [0, 0.05) is 0 Å². The molecule has 1 aromatic carbocycles. The number of hydrogen-bond donors (Lipinski definition) is 2. The largest absolute Gasteiger partial charge is 0.488 e. The number of ether oxygens (including phenoxy) is 1. The van der Waals surface area contributed by atoms with Gasteiger partial charge < -0.3 is 14.9 Å². The van der Waals surface area contributed by atoms with E-state index in [1.807, 2.05) is 0 Å². The van der Waals surface area contributed by atoms with Gasteiger partial charge >= 0.3 is 11.9 Å². The molecular weight excluding hydrogens is 269 g/mol. The number of carbonyl (C=O) groups is 2. The van der Waals surface area contributed by atoms with E-state index in [1.54, 1.807) is 6.92 Å². The summed E-state index contributed by atoms with van der Waals surface area (Å²) in [7, 11) is 0. The van der Waals surface area contributed by atoms with Crippen LogP contribution in [0.3, 0.4) is 0 Å². The smallest absolute Gasteiger partial charge is 0.339 e. The van der Waals surface area contributed by atoms with Crippen LogP contribution in [0.5, 0.6) is 5.75 Å². The molecule has 0 aliphatic heterocycles. The summed E-state index contributed by atoms with van der Waals surface area (Å²) in [5, 5.41) is 17.3. The molecule has 0 unspecified atom stereocenters. The zero-order chi connectivity index (χ0) is 14.7. The van der Waals surface area contributed by atoms with E-state index in [9.17, 15) is 22.8 Å². The van der Waals surface area contributed by atoms with Crippen molar-refractivity contribution < 1.29 is 37.7 Å². The Morgan fingerprint density at radius 3 is 1.89 bits per heavy atom. The minimum Gasteiger partial charge on any atom is -0.488 e. The van der Waals surface area contributed by atoms with E-state index in [-0.39, 0.29) is 6.61 Å². The Morgan fingerprint density at radius 2 is 1.47 bits per heavy atom. The van der Waals surface area contributed by atoms with Crippen LogP contribution >= 0.6 is 0 Å². The molecule has 104 valence electrons. The van der Waals surface area contributed by atoms with Crippen molar-refractivity contribution in [2.75, 3.05) is 6.61 Å². The molecule has 19 heavy (non-hydrogen) atoms. The second-order valence-electron chi connectivity index (χ2n) is 3.48. The SMILES string of the molecule is CCCOc1c(F)c(F)c(C(=O)O)c(C(=O)O)c1F. The molecule has 1 rings (SSSR count). The van der Waals surface area contributed by atoms with Crippen molar-refractivity contribution in [2.45, 2.75) is 13.3 Å². The van der Waals surface area contributed by atoms with Gasteiger partial charge in [0.1, 0.15) is 11.1 Å². The monoisotopic (exact) mass is 278 g/mol. The Hall–Kier alpha value is -2.25. The maximum absolute atomic E-state index is 13.7. The fourth-order valence-electron chi connectivity index (χ4n) is 1.37. The number of hydrogen-bond acceptors (Lipinski definition) is 3. The number of aromatic carboxylic acids is 2. The maximum Gasteiger partial charge on any atom is 0.339 e. The van der Waals surface area contributed by atoms with Gasteiger partial charge in [-0.25, -0.2) is 18.4 Å². The van der Waals surface area contributed by atoms with Crippen molar-refractivity contribution in [2.24, 2.45) is 0 Å². The van der Waals surface area contributed by atoms with Crippen molar-refractivity contribution >= 4 is 11.9 Å². The first-order valence-corrected chi connectivity index (χ1v) is 5.12. The van der Waals surface area contributed by atoms with E-state index in [0.29, 0.717) is 6.42 Å². The van der Waals surface area contributed by atoms with Crippen molar-refractivity contribution in [3.63, 3.8) is 0 Å². The Bertz CT molecular complexity index is 542. The second-order valence-corrected chi connectivity index (χ2v) is 3.48. The molecule has 0 saturated heterocycles. The van der Waals surface area contributed by atoms with E-state index in [2.05, 4.69) is 4.74 Å². The van der Waals surface area contributed by atoms with Crippen LogP contribution in [-0.4, -0.2) is 28.8 Å². The van der Waals surface area contributed by atoms with E-state index in [4.69, 9.17) is 10.2 Å². The zero-order valence-corrected chi connectivity index (χ0v) is 9.67. The number of rotatable bonds is 5. The predicted molar refractivity (Wildman–Crippen MR) is 56.0 cm³/mol. The lowest BCUT2D eigenvalue weighted by Gasteiger charge is -2.12. The molecule has 0 heterocycles. The summed E-state index contributed by atoms with van der Waals surface area (Å²) < 4.78 is 45.2. The highest BCUT2D eigenvalue weighted by Gasteiger charge is 2.33. The number of carboxylic acid groups (broad SMARTS) is 2. The molecule has 1 aromatic rings. The van der Waals surface area contributed by atoms with Crippen LogP contribution in [0.15, 0.2) is 0 Å². The van der Waals surface area contributed by atoms with E-state index in [1.165, 1.54) is 0 Å². The molecule has 0 amide bonds. The molecule has 0 aromatic heterocycles. The van der Waals surface area contributed by atoms with Gasteiger partial charge in [-0.15, -0.1) is 0 Å². The van der Waals surface area contributed by atoms with Crippen LogP contribution in [0, 0.1) is 17.5 Å². The van der Waals surface area contributed by atoms with Crippen LogP contribution in [0.4, 0.5) is 13.2 Å².